The molecule has 1 nitrogen and oxygen atoms in total. The van der Waals surface area contributed by atoms with E-state index < -0.39 is 0 Å². The molecule has 0 N–H and O–H groups in total. The van der Waals surface area contributed by atoms with Gasteiger partial charge in [0.15, 0.2) is 5.78 Å². The van der Waals surface area contributed by atoms with Crippen molar-refractivity contribution in [2.24, 2.45) is 5.41 Å². The molecule has 0 bridgehead atoms. The topological polar surface area (TPSA) is 17.1 Å². The molecular formula is C23H24O. The van der Waals surface area contributed by atoms with Crippen LogP contribution in [0.3, 0.4) is 0 Å². The fourth-order valence-corrected chi connectivity index (χ4v) is 4.64. The maximum atomic E-state index is 12.7. The SMILES string of the molecule is C[C@]12CCCC(=O)C1=CC(c1ccccc1)(c1ccccc1)CC2. The van der Waals surface area contributed by atoms with Crippen molar-refractivity contribution in [3.8, 4) is 0 Å². The summed E-state index contributed by atoms with van der Waals surface area (Å²) in [5.74, 6) is 0.361. The molecule has 0 radical (unpaired) electrons. The van der Waals surface area contributed by atoms with Gasteiger partial charge in [-0.2, -0.15) is 0 Å². The van der Waals surface area contributed by atoms with Crippen LogP contribution in [0.25, 0.3) is 0 Å². The molecule has 0 aromatic heterocycles. The molecule has 4 rings (SSSR count). The minimum absolute atomic E-state index is 0.0718. The number of benzene rings is 2. The zero-order valence-corrected chi connectivity index (χ0v) is 14.3. The van der Waals surface area contributed by atoms with Crippen LogP contribution in [0, 0.1) is 5.41 Å². The summed E-state index contributed by atoms with van der Waals surface area (Å²) in [7, 11) is 0. The van der Waals surface area contributed by atoms with E-state index in [0.717, 1.165) is 31.3 Å². The van der Waals surface area contributed by atoms with E-state index in [1.165, 1.54) is 11.1 Å². The monoisotopic (exact) mass is 316 g/mol. The molecule has 2 aliphatic carbocycles. The van der Waals surface area contributed by atoms with Crippen LogP contribution in [0.1, 0.15) is 50.2 Å². The third kappa shape index (κ3) is 2.34. The molecule has 1 atom stereocenters. The summed E-state index contributed by atoms with van der Waals surface area (Å²) in [6.07, 6.45) is 7.35. The number of carbonyl (C=O) groups is 1. The Morgan fingerprint density at radius 3 is 1.96 bits per heavy atom. The Morgan fingerprint density at radius 1 is 0.792 bits per heavy atom. The molecule has 0 saturated heterocycles. The molecule has 1 fully saturated rings. The van der Waals surface area contributed by atoms with E-state index in [0.29, 0.717) is 12.2 Å². The van der Waals surface area contributed by atoms with Gasteiger partial charge in [0.05, 0.1) is 0 Å². The Kier molecular flexibility index (Phi) is 3.68. The Hall–Kier alpha value is -2.15. The lowest BCUT2D eigenvalue weighted by molar-refractivity contribution is -0.118. The van der Waals surface area contributed by atoms with E-state index in [-0.39, 0.29) is 10.8 Å². The number of rotatable bonds is 2. The predicted molar refractivity (Wildman–Crippen MR) is 97.9 cm³/mol. The fraction of sp³-hybridized carbons (Fsp3) is 0.348. The summed E-state index contributed by atoms with van der Waals surface area (Å²) in [6.45, 7) is 2.29. The Labute approximate surface area is 144 Å². The second-order valence-corrected chi connectivity index (χ2v) is 7.60. The third-order valence-electron chi connectivity index (χ3n) is 6.12. The lowest BCUT2D eigenvalue weighted by atomic mass is 9.57. The minimum atomic E-state index is -0.176. The third-order valence-corrected chi connectivity index (χ3v) is 6.12. The predicted octanol–water partition coefficient (Wildman–Crippen LogP) is 5.45. The number of carbonyl (C=O) groups excluding carboxylic acids is 1. The van der Waals surface area contributed by atoms with Gasteiger partial charge in [-0.25, -0.2) is 0 Å². The van der Waals surface area contributed by atoms with E-state index in [9.17, 15) is 4.79 Å². The molecular weight excluding hydrogens is 292 g/mol. The first-order valence-electron chi connectivity index (χ1n) is 9.02. The van der Waals surface area contributed by atoms with Gasteiger partial charge in [-0.1, -0.05) is 73.7 Å². The lowest BCUT2D eigenvalue weighted by Gasteiger charge is -2.46. The molecule has 24 heavy (non-hydrogen) atoms. The summed E-state index contributed by atoms with van der Waals surface area (Å²) in [4.78, 5) is 12.7. The molecule has 2 aromatic rings. The maximum Gasteiger partial charge on any atom is 0.159 e. The first-order chi connectivity index (χ1) is 11.6. The van der Waals surface area contributed by atoms with E-state index >= 15 is 0 Å². The first-order valence-corrected chi connectivity index (χ1v) is 9.02. The van der Waals surface area contributed by atoms with E-state index in [4.69, 9.17) is 0 Å². The zero-order valence-electron chi connectivity index (χ0n) is 14.3. The van der Waals surface area contributed by atoms with E-state index in [1.807, 2.05) is 0 Å². The van der Waals surface area contributed by atoms with Crippen LogP contribution >= 0.6 is 0 Å². The Morgan fingerprint density at radius 2 is 1.38 bits per heavy atom. The lowest BCUT2D eigenvalue weighted by Crippen LogP contribution is -2.39. The van der Waals surface area contributed by atoms with Crippen molar-refractivity contribution >= 4 is 5.78 Å². The number of Topliss-reactive ketones (excluding diaryl/α,β-unsaturated/α-hetero) is 1. The molecule has 122 valence electrons. The number of hydrogen-bond acceptors (Lipinski definition) is 1. The van der Waals surface area contributed by atoms with Crippen molar-refractivity contribution in [3.05, 3.63) is 83.4 Å². The highest BCUT2D eigenvalue weighted by Crippen LogP contribution is 2.53. The van der Waals surface area contributed by atoms with Gasteiger partial charge >= 0.3 is 0 Å². The van der Waals surface area contributed by atoms with Crippen LogP contribution in [0.4, 0.5) is 0 Å². The maximum absolute atomic E-state index is 12.7. The van der Waals surface area contributed by atoms with Gasteiger partial charge in [-0.15, -0.1) is 0 Å². The van der Waals surface area contributed by atoms with Gasteiger partial charge < -0.3 is 0 Å². The summed E-state index contributed by atoms with van der Waals surface area (Å²) in [5.41, 5.74) is 3.56. The molecule has 2 aliphatic rings. The van der Waals surface area contributed by atoms with Crippen molar-refractivity contribution in [2.75, 3.05) is 0 Å². The van der Waals surface area contributed by atoms with Gasteiger partial charge in [0.1, 0.15) is 0 Å². The normalized spacial score (nSPS) is 25.7. The van der Waals surface area contributed by atoms with Gasteiger partial charge in [0.25, 0.3) is 0 Å². The van der Waals surface area contributed by atoms with E-state index in [2.05, 4.69) is 73.7 Å². The van der Waals surface area contributed by atoms with Crippen molar-refractivity contribution < 1.29 is 4.79 Å². The van der Waals surface area contributed by atoms with Crippen molar-refractivity contribution in [1.29, 1.82) is 0 Å². The molecule has 0 spiro atoms. The molecule has 2 aromatic carbocycles. The van der Waals surface area contributed by atoms with Gasteiger partial charge in [0.2, 0.25) is 0 Å². The standard InChI is InChI=1S/C23H24O/c1-22-14-8-13-21(24)20(22)17-23(16-15-22,18-9-4-2-5-10-18)19-11-6-3-7-12-19/h2-7,9-12,17H,8,13-16H2,1H3/t22-/m1/s1. The highest BCUT2D eigenvalue weighted by molar-refractivity contribution is 5.98. The number of hydrogen-bond donors (Lipinski definition) is 0. The zero-order chi connectivity index (χ0) is 16.6. The summed E-state index contributed by atoms with van der Waals surface area (Å²) >= 11 is 0. The fourth-order valence-electron chi connectivity index (χ4n) is 4.64. The van der Waals surface area contributed by atoms with Crippen LogP contribution in [0.5, 0.6) is 0 Å². The van der Waals surface area contributed by atoms with Gasteiger partial charge in [0, 0.05) is 11.8 Å². The van der Waals surface area contributed by atoms with Crippen molar-refractivity contribution in [2.45, 2.75) is 44.4 Å². The van der Waals surface area contributed by atoms with Crippen molar-refractivity contribution in [3.63, 3.8) is 0 Å². The van der Waals surface area contributed by atoms with Crippen LogP contribution in [-0.2, 0) is 10.2 Å². The Balaban J connectivity index is 1.94. The van der Waals surface area contributed by atoms with Crippen molar-refractivity contribution in [1.82, 2.24) is 0 Å². The average molecular weight is 316 g/mol. The van der Waals surface area contributed by atoms with Crippen LogP contribution in [-0.4, -0.2) is 5.78 Å². The molecule has 1 saturated carbocycles. The largest absolute Gasteiger partial charge is 0.295 e. The summed E-state index contributed by atoms with van der Waals surface area (Å²) in [5, 5.41) is 0. The first kappa shape index (κ1) is 15.4. The molecule has 0 unspecified atom stereocenters. The van der Waals surface area contributed by atoms with Gasteiger partial charge in [-0.05, 0) is 47.8 Å². The number of allylic oxidation sites excluding steroid dienone is 2. The average Bonchev–Trinajstić information content (AvgIpc) is 2.63. The summed E-state index contributed by atoms with van der Waals surface area (Å²) in [6, 6.07) is 21.4. The number of fused-ring (bicyclic) bond motifs is 1. The Bertz CT molecular complexity index is 733. The molecule has 0 amide bonds. The number of ketones is 1. The molecule has 1 heteroatoms. The minimum Gasteiger partial charge on any atom is -0.295 e. The van der Waals surface area contributed by atoms with E-state index in [1.54, 1.807) is 0 Å². The second-order valence-electron chi connectivity index (χ2n) is 7.60. The smallest absolute Gasteiger partial charge is 0.159 e. The molecule has 0 heterocycles. The van der Waals surface area contributed by atoms with Crippen LogP contribution < -0.4 is 0 Å². The van der Waals surface area contributed by atoms with Gasteiger partial charge in [-0.3, -0.25) is 4.79 Å². The highest BCUT2D eigenvalue weighted by atomic mass is 16.1. The van der Waals surface area contributed by atoms with Crippen LogP contribution in [0.2, 0.25) is 0 Å². The highest BCUT2D eigenvalue weighted by Gasteiger charge is 2.45. The summed E-state index contributed by atoms with van der Waals surface area (Å²) < 4.78 is 0. The second kappa shape index (κ2) is 5.73. The quantitative estimate of drug-likeness (QED) is 0.720. The molecule has 0 aliphatic heterocycles. The van der Waals surface area contributed by atoms with Crippen LogP contribution in [0.15, 0.2) is 72.3 Å².